The Labute approximate surface area is 179 Å². The Bertz CT molecular complexity index is 1280. The Balaban J connectivity index is 1.37. The van der Waals surface area contributed by atoms with E-state index in [1.807, 2.05) is 36.6 Å². The molecule has 0 aliphatic heterocycles. The molecule has 0 atom stereocenters. The van der Waals surface area contributed by atoms with E-state index in [-0.39, 0.29) is 12.2 Å². The van der Waals surface area contributed by atoms with Gasteiger partial charge in [-0.05, 0) is 24.6 Å². The molecule has 0 radical (unpaired) electrons. The number of benzene rings is 2. The Morgan fingerprint density at radius 2 is 1.94 bits per heavy atom. The summed E-state index contributed by atoms with van der Waals surface area (Å²) in [7, 11) is 0. The number of nitrogens with zero attached hydrogens (tertiary/aromatic N) is 3. The zero-order chi connectivity index (χ0) is 22.0. The van der Waals surface area contributed by atoms with Crippen molar-refractivity contribution < 1.29 is 18.4 Å². The maximum absolute atomic E-state index is 13.6. The summed E-state index contributed by atoms with van der Waals surface area (Å²) in [5.74, 6) is -3.08. The zero-order valence-corrected chi connectivity index (χ0v) is 17.2. The van der Waals surface area contributed by atoms with Gasteiger partial charge in [-0.2, -0.15) is 4.98 Å². The molecule has 2 amide bonds. The lowest BCUT2D eigenvalue weighted by molar-refractivity contribution is -0.136. The van der Waals surface area contributed by atoms with Gasteiger partial charge in [0.2, 0.25) is 4.96 Å². The van der Waals surface area contributed by atoms with Crippen molar-refractivity contribution in [2.45, 2.75) is 13.3 Å². The maximum Gasteiger partial charge on any atom is 0.313 e. The largest absolute Gasteiger partial charge is 0.347 e. The van der Waals surface area contributed by atoms with Crippen molar-refractivity contribution in [2.75, 3.05) is 11.9 Å². The van der Waals surface area contributed by atoms with Crippen LogP contribution < -0.4 is 10.6 Å². The lowest BCUT2D eigenvalue weighted by Crippen LogP contribution is -2.36. The van der Waals surface area contributed by atoms with E-state index in [0.29, 0.717) is 18.3 Å². The lowest BCUT2D eigenvalue weighted by Gasteiger charge is -2.07. The van der Waals surface area contributed by atoms with Gasteiger partial charge in [0.1, 0.15) is 11.6 Å². The summed E-state index contributed by atoms with van der Waals surface area (Å²) >= 11 is 1.43. The molecular weight excluding hydrogens is 424 g/mol. The molecule has 0 saturated carbocycles. The molecule has 0 spiro atoms. The minimum absolute atomic E-state index is 0.170. The molecule has 2 N–H and O–H groups in total. The van der Waals surface area contributed by atoms with Crippen LogP contribution in [0.25, 0.3) is 16.3 Å². The van der Waals surface area contributed by atoms with E-state index in [1.54, 1.807) is 4.52 Å². The van der Waals surface area contributed by atoms with Crippen LogP contribution in [-0.4, -0.2) is 33.0 Å². The van der Waals surface area contributed by atoms with Crippen molar-refractivity contribution >= 4 is 33.8 Å². The van der Waals surface area contributed by atoms with Crippen molar-refractivity contribution in [3.05, 3.63) is 70.7 Å². The number of fused-ring (bicyclic) bond motifs is 1. The summed E-state index contributed by atoms with van der Waals surface area (Å²) in [6.45, 7) is 2.16. The van der Waals surface area contributed by atoms with Crippen LogP contribution in [0.4, 0.5) is 14.5 Å². The highest BCUT2D eigenvalue weighted by atomic mass is 32.1. The van der Waals surface area contributed by atoms with E-state index in [9.17, 15) is 18.4 Å². The van der Waals surface area contributed by atoms with Gasteiger partial charge in [-0.1, -0.05) is 24.3 Å². The van der Waals surface area contributed by atoms with Crippen LogP contribution in [0.1, 0.15) is 11.3 Å². The molecule has 0 saturated heterocycles. The molecule has 0 bridgehead atoms. The molecule has 0 fully saturated rings. The van der Waals surface area contributed by atoms with Crippen LogP contribution in [0.2, 0.25) is 0 Å². The first-order chi connectivity index (χ1) is 14.9. The standard InChI is InChI=1S/C21H17F2N5O2S/c1-12-4-2-3-5-15(12)18-26-21-28(27-18)14(11-31-21)8-9-24-19(29)20(30)25-17-7-6-13(22)10-16(17)23/h2-7,10-11H,8-9H2,1H3,(H,24,29)(H,25,30). The van der Waals surface area contributed by atoms with Gasteiger partial charge < -0.3 is 10.6 Å². The predicted octanol–water partition coefficient (Wildman–Crippen LogP) is 3.34. The lowest BCUT2D eigenvalue weighted by atomic mass is 10.1. The molecule has 4 aromatic rings. The summed E-state index contributed by atoms with van der Waals surface area (Å²) in [5, 5.41) is 11.0. The monoisotopic (exact) mass is 441 g/mol. The minimum atomic E-state index is -1.04. The van der Waals surface area contributed by atoms with Crippen LogP contribution in [0.3, 0.4) is 0 Å². The van der Waals surface area contributed by atoms with Gasteiger partial charge in [-0.3, -0.25) is 9.59 Å². The predicted molar refractivity (Wildman–Crippen MR) is 113 cm³/mol. The summed E-state index contributed by atoms with van der Waals surface area (Å²) in [6, 6.07) is 10.5. The molecule has 2 aromatic carbocycles. The Morgan fingerprint density at radius 1 is 1.13 bits per heavy atom. The van der Waals surface area contributed by atoms with Crippen LogP contribution >= 0.6 is 11.3 Å². The molecule has 10 heteroatoms. The Hall–Kier alpha value is -3.66. The molecule has 4 rings (SSSR count). The number of hydrogen-bond donors (Lipinski definition) is 2. The number of halogens is 2. The molecule has 7 nitrogen and oxygen atoms in total. The third-order valence-electron chi connectivity index (χ3n) is 4.59. The number of nitrogens with one attached hydrogen (secondary N) is 2. The number of carbonyl (C=O) groups is 2. The molecular formula is C21H17F2N5O2S. The van der Waals surface area contributed by atoms with Crippen molar-refractivity contribution in [3.63, 3.8) is 0 Å². The summed E-state index contributed by atoms with van der Waals surface area (Å²) in [4.78, 5) is 29.2. The average molecular weight is 441 g/mol. The van der Waals surface area contributed by atoms with Gasteiger partial charge >= 0.3 is 11.8 Å². The number of thiazole rings is 1. The van der Waals surface area contributed by atoms with Gasteiger partial charge in [-0.15, -0.1) is 16.4 Å². The highest BCUT2D eigenvalue weighted by Crippen LogP contribution is 2.23. The van der Waals surface area contributed by atoms with Gasteiger partial charge in [0.15, 0.2) is 5.82 Å². The van der Waals surface area contributed by atoms with Crippen LogP contribution in [0.5, 0.6) is 0 Å². The third-order valence-corrected chi connectivity index (χ3v) is 5.45. The number of carbonyl (C=O) groups excluding carboxylic acids is 2. The Kier molecular flexibility index (Phi) is 5.72. The smallest absolute Gasteiger partial charge is 0.313 e. The quantitative estimate of drug-likeness (QED) is 0.465. The van der Waals surface area contributed by atoms with E-state index in [1.165, 1.54) is 11.3 Å². The Morgan fingerprint density at radius 3 is 2.71 bits per heavy atom. The van der Waals surface area contributed by atoms with Crippen molar-refractivity contribution in [1.82, 2.24) is 19.9 Å². The van der Waals surface area contributed by atoms with Gasteiger partial charge in [-0.25, -0.2) is 13.3 Å². The van der Waals surface area contributed by atoms with E-state index >= 15 is 0 Å². The van der Waals surface area contributed by atoms with Crippen LogP contribution in [-0.2, 0) is 16.0 Å². The molecule has 31 heavy (non-hydrogen) atoms. The van der Waals surface area contributed by atoms with Crippen molar-refractivity contribution in [3.8, 4) is 11.4 Å². The van der Waals surface area contributed by atoms with Gasteiger partial charge in [0, 0.05) is 30.0 Å². The number of anilines is 1. The topological polar surface area (TPSA) is 88.4 Å². The number of aromatic nitrogens is 3. The van der Waals surface area contributed by atoms with Crippen molar-refractivity contribution in [1.29, 1.82) is 0 Å². The molecule has 158 valence electrons. The van der Waals surface area contributed by atoms with E-state index in [4.69, 9.17) is 0 Å². The second-order valence-electron chi connectivity index (χ2n) is 6.76. The normalized spacial score (nSPS) is 10.9. The fourth-order valence-corrected chi connectivity index (χ4v) is 3.85. The molecule has 0 unspecified atom stereocenters. The summed E-state index contributed by atoms with van der Waals surface area (Å²) in [5.41, 5.74) is 2.57. The molecule has 0 aliphatic carbocycles. The number of rotatable bonds is 5. The summed E-state index contributed by atoms with van der Waals surface area (Å²) in [6.07, 6.45) is 0.417. The second kappa shape index (κ2) is 8.60. The fraction of sp³-hybridized carbons (Fsp3) is 0.143. The van der Waals surface area contributed by atoms with E-state index < -0.39 is 23.4 Å². The highest BCUT2D eigenvalue weighted by molar-refractivity contribution is 7.15. The number of amides is 2. The summed E-state index contributed by atoms with van der Waals surface area (Å²) < 4.78 is 28.3. The molecule has 0 aliphatic rings. The SMILES string of the molecule is Cc1ccccc1-c1nc2scc(CCNC(=O)C(=O)Nc3ccc(F)cc3F)n2n1. The molecule has 2 heterocycles. The number of aryl methyl sites for hydroxylation is 1. The van der Waals surface area contributed by atoms with Gasteiger partial charge in [0.05, 0.1) is 11.4 Å². The zero-order valence-electron chi connectivity index (χ0n) is 16.4. The third kappa shape index (κ3) is 4.43. The second-order valence-corrected chi connectivity index (χ2v) is 7.59. The maximum atomic E-state index is 13.6. The van der Waals surface area contributed by atoms with Crippen LogP contribution in [0.15, 0.2) is 47.8 Å². The van der Waals surface area contributed by atoms with Crippen molar-refractivity contribution in [2.24, 2.45) is 0 Å². The average Bonchev–Trinajstić information content (AvgIpc) is 3.32. The fourth-order valence-electron chi connectivity index (χ4n) is 2.99. The van der Waals surface area contributed by atoms with E-state index in [0.717, 1.165) is 33.9 Å². The number of hydrogen-bond acceptors (Lipinski definition) is 5. The molecule has 2 aromatic heterocycles. The minimum Gasteiger partial charge on any atom is -0.347 e. The first-order valence-electron chi connectivity index (χ1n) is 9.36. The first kappa shape index (κ1) is 20.6. The van der Waals surface area contributed by atoms with Gasteiger partial charge in [0.25, 0.3) is 0 Å². The highest BCUT2D eigenvalue weighted by Gasteiger charge is 2.17. The van der Waals surface area contributed by atoms with Crippen LogP contribution in [0, 0.1) is 18.6 Å². The first-order valence-corrected chi connectivity index (χ1v) is 10.2. The van der Waals surface area contributed by atoms with E-state index in [2.05, 4.69) is 20.7 Å².